The van der Waals surface area contributed by atoms with Gasteiger partial charge >= 0.3 is 0 Å². The van der Waals surface area contributed by atoms with Gasteiger partial charge in [0.15, 0.2) is 0 Å². The van der Waals surface area contributed by atoms with E-state index in [9.17, 15) is 0 Å². The Bertz CT molecular complexity index is 424. The fourth-order valence-corrected chi connectivity index (χ4v) is 1.65. The normalized spacial score (nSPS) is 10.6. The Morgan fingerprint density at radius 2 is 2.29 bits per heavy atom. The highest BCUT2D eigenvalue weighted by atomic mass is 35.5. The SMILES string of the molecule is Clc1ccc(CNCCCn2cccn2)cn1. The molecule has 0 aromatic carbocycles. The van der Waals surface area contributed by atoms with E-state index in [1.807, 2.05) is 29.1 Å². The third-order valence-electron chi connectivity index (χ3n) is 2.42. The van der Waals surface area contributed by atoms with Gasteiger partial charge in [-0.3, -0.25) is 4.68 Å². The minimum Gasteiger partial charge on any atom is -0.313 e. The minimum atomic E-state index is 0.535. The zero-order valence-corrected chi connectivity index (χ0v) is 10.3. The molecule has 4 nitrogen and oxygen atoms in total. The first-order valence-corrected chi connectivity index (χ1v) is 6.01. The first-order chi connectivity index (χ1) is 8.34. The molecule has 2 heterocycles. The number of hydrogen-bond acceptors (Lipinski definition) is 3. The topological polar surface area (TPSA) is 42.7 Å². The summed E-state index contributed by atoms with van der Waals surface area (Å²) in [5.74, 6) is 0. The van der Waals surface area contributed by atoms with Crippen LogP contribution in [-0.2, 0) is 13.1 Å². The molecule has 0 atom stereocenters. The summed E-state index contributed by atoms with van der Waals surface area (Å²) >= 11 is 5.71. The Hall–Kier alpha value is -1.39. The molecular formula is C12H15ClN4. The number of pyridine rings is 1. The summed E-state index contributed by atoms with van der Waals surface area (Å²) in [6.45, 7) is 2.73. The lowest BCUT2D eigenvalue weighted by atomic mass is 10.3. The van der Waals surface area contributed by atoms with Crippen LogP contribution >= 0.6 is 11.6 Å². The molecule has 5 heteroatoms. The second-order valence-electron chi connectivity index (χ2n) is 3.79. The predicted octanol–water partition coefficient (Wildman–Crippen LogP) is 2.11. The Morgan fingerprint density at radius 1 is 1.35 bits per heavy atom. The average Bonchev–Trinajstić information content (AvgIpc) is 2.84. The zero-order valence-electron chi connectivity index (χ0n) is 9.51. The van der Waals surface area contributed by atoms with Gasteiger partial charge in [0.1, 0.15) is 5.15 Å². The van der Waals surface area contributed by atoms with Crippen molar-refractivity contribution in [3.63, 3.8) is 0 Å². The molecular weight excluding hydrogens is 236 g/mol. The van der Waals surface area contributed by atoms with Gasteiger partial charge in [-0.25, -0.2) is 4.98 Å². The van der Waals surface area contributed by atoms with Crippen LogP contribution in [0, 0.1) is 0 Å². The molecule has 0 fully saturated rings. The first-order valence-electron chi connectivity index (χ1n) is 5.63. The number of nitrogens with one attached hydrogen (secondary N) is 1. The Labute approximate surface area is 106 Å². The van der Waals surface area contributed by atoms with E-state index in [1.165, 1.54) is 0 Å². The van der Waals surface area contributed by atoms with Crippen molar-refractivity contribution < 1.29 is 0 Å². The second kappa shape index (κ2) is 6.37. The second-order valence-corrected chi connectivity index (χ2v) is 4.18. The van der Waals surface area contributed by atoms with Crippen LogP contribution < -0.4 is 5.32 Å². The number of aromatic nitrogens is 3. The van der Waals surface area contributed by atoms with Gasteiger partial charge in [0, 0.05) is 31.7 Å². The van der Waals surface area contributed by atoms with Crippen molar-refractivity contribution in [2.75, 3.05) is 6.54 Å². The van der Waals surface area contributed by atoms with Gasteiger partial charge in [0.25, 0.3) is 0 Å². The molecule has 0 aliphatic carbocycles. The lowest BCUT2D eigenvalue weighted by Gasteiger charge is -2.05. The molecule has 0 saturated heterocycles. The maximum atomic E-state index is 5.71. The summed E-state index contributed by atoms with van der Waals surface area (Å²) in [5, 5.41) is 8.04. The van der Waals surface area contributed by atoms with Crippen LogP contribution in [0.4, 0.5) is 0 Å². The molecule has 2 aromatic rings. The van der Waals surface area contributed by atoms with Crippen molar-refractivity contribution in [3.05, 3.63) is 47.5 Å². The molecule has 0 amide bonds. The molecule has 2 aromatic heterocycles. The van der Waals surface area contributed by atoms with Crippen molar-refractivity contribution in [1.82, 2.24) is 20.1 Å². The zero-order chi connectivity index (χ0) is 11.9. The highest BCUT2D eigenvalue weighted by Gasteiger charge is 1.94. The van der Waals surface area contributed by atoms with Crippen molar-refractivity contribution >= 4 is 11.6 Å². The van der Waals surface area contributed by atoms with Gasteiger partial charge in [0.05, 0.1) is 0 Å². The van der Waals surface area contributed by atoms with Crippen molar-refractivity contribution in [2.24, 2.45) is 0 Å². The number of rotatable bonds is 6. The summed E-state index contributed by atoms with van der Waals surface area (Å²) in [4.78, 5) is 4.03. The molecule has 0 aliphatic rings. The van der Waals surface area contributed by atoms with Crippen LogP contribution in [0.1, 0.15) is 12.0 Å². The minimum absolute atomic E-state index is 0.535. The van der Waals surface area contributed by atoms with Gasteiger partial charge in [0.2, 0.25) is 0 Å². The molecule has 0 aliphatic heterocycles. The van der Waals surface area contributed by atoms with Crippen molar-refractivity contribution in [3.8, 4) is 0 Å². The van der Waals surface area contributed by atoms with Crippen LogP contribution in [0.3, 0.4) is 0 Å². The molecule has 90 valence electrons. The number of nitrogens with zero attached hydrogens (tertiary/aromatic N) is 3. The lowest BCUT2D eigenvalue weighted by Crippen LogP contribution is -2.16. The summed E-state index contributed by atoms with van der Waals surface area (Å²) in [5.41, 5.74) is 1.15. The predicted molar refractivity (Wildman–Crippen MR) is 67.8 cm³/mol. The molecule has 2 rings (SSSR count). The van der Waals surface area contributed by atoms with Crippen molar-refractivity contribution in [1.29, 1.82) is 0 Å². The Morgan fingerprint density at radius 3 is 3.00 bits per heavy atom. The van der Waals surface area contributed by atoms with E-state index in [2.05, 4.69) is 15.4 Å². The van der Waals surface area contributed by atoms with E-state index in [-0.39, 0.29) is 0 Å². The van der Waals surface area contributed by atoms with Gasteiger partial charge in [-0.15, -0.1) is 0 Å². The fourth-order valence-electron chi connectivity index (χ4n) is 1.54. The quantitative estimate of drug-likeness (QED) is 0.631. The van der Waals surface area contributed by atoms with Crippen LogP contribution in [0.15, 0.2) is 36.8 Å². The molecule has 0 bridgehead atoms. The van der Waals surface area contributed by atoms with E-state index in [1.54, 1.807) is 12.4 Å². The summed E-state index contributed by atoms with van der Waals surface area (Å²) < 4.78 is 1.94. The molecule has 0 saturated carbocycles. The third-order valence-corrected chi connectivity index (χ3v) is 2.64. The standard InChI is InChI=1S/C12H15ClN4/c13-12-4-3-11(10-15-12)9-14-5-1-7-17-8-2-6-16-17/h2-4,6,8,10,14H,1,5,7,9H2. The van der Waals surface area contributed by atoms with Gasteiger partial charge in [-0.1, -0.05) is 17.7 Å². The molecule has 0 unspecified atom stereocenters. The highest BCUT2D eigenvalue weighted by molar-refractivity contribution is 6.29. The number of aryl methyl sites for hydroxylation is 1. The van der Waals surface area contributed by atoms with Crippen LogP contribution in [0.5, 0.6) is 0 Å². The first kappa shape index (κ1) is 12.1. The summed E-state index contributed by atoms with van der Waals surface area (Å²) in [6, 6.07) is 5.73. The number of halogens is 1. The Balaban J connectivity index is 1.61. The molecule has 17 heavy (non-hydrogen) atoms. The smallest absolute Gasteiger partial charge is 0.129 e. The summed E-state index contributed by atoms with van der Waals surface area (Å²) in [7, 11) is 0. The monoisotopic (exact) mass is 250 g/mol. The van der Waals surface area contributed by atoms with E-state index in [4.69, 9.17) is 11.6 Å². The van der Waals surface area contributed by atoms with Crippen molar-refractivity contribution in [2.45, 2.75) is 19.5 Å². The molecule has 1 N–H and O–H groups in total. The Kier molecular flexibility index (Phi) is 4.53. The summed E-state index contributed by atoms with van der Waals surface area (Å²) in [6.07, 6.45) is 6.63. The van der Waals surface area contributed by atoms with E-state index >= 15 is 0 Å². The lowest BCUT2D eigenvalue weighted by molar-refractivity contribution is 0.543. The molecule has 0 spiro atoms. The van der Waals surface area contributed by atoms with Crippen LogP contribution in [0.25, 0.3) is 0 Å². The largest absolute Gasteiger partial charge is 0.313 e. The third kappa shape index (κ3) is 4.17. The van der Waals surface area contributed by atoms with Crippen LogP contribution in [-0.4, -0.2) is 21.3 Å². The van der Waals surface area contributed by atoms with Gasteiger partial charge in [-0.05, 0) is 30.7 Å². The maximum Gasteiger partial charge on any atom is 0.129 e. The van der Waals surface area contributed by atoms with Gasteiger partial charge < -0.3 is 5.32 Å². The van der Waals surface area contributed by atoms with E-state index < -0.39 is 0 Å². The fraction of sp³-hybridized carbons (Fsp3) is 0.333. The van der Waals surface area contributed by atoms with Crippen LogP contribution in [0.2, 0.25) is 5.15 Å². The number of hydrogen-bond donors (Lipinski definition) is 1. The van der Waals surface area contributed by atoms with Gasteiger partial charge in [-0.2, -0.15) is 5.10 Å². The average molecular weight is 251 g/mol. The highest BCUT2D eigenvalue weighted by Crippen LogP contribution is 2.04. The van der Waals surface area contributed by atoms with E-state index in [0.29, 0.717) is 5.15 Å². The van der Waals surface area contributed by atoms with E-state index in [0.717, 1.165) is 31.6 Å². The molecule has 0 radical (unpaired) electrons. The maximum absolute atomic E-state index is 5.71.